The third kappa shape index (κ3) is 10.9. The molecule has 0 aromatic rings. The number of carboxylic acids is 1. The Morgan fingerprint density at radius 2 is 1.70 bits per heavy atom. The molecule has 118 valence electrons. The van der Waals surface area contributed by atoms with Crippen molar-refractivity contribution in [1.29, 1.82) is 0 Å². The Morgan fingerprint density at radius 3 is 2.25 bits per heavy atom. The van der Waals surface area contributed by atoms with Crippen LogP contribution in [0.4, 0.5) is 0 Å². The number of hydrogen-bond donors (Lipinski definition) is 1. The van der Waals surface area contributed by atoms with Crippen LogP contribution < -0.4 is 0 Å². The maximum absolute atomic E-state index is 9.00. The van der Waals surface area contributed by atoms with Crippen molar-refractivity contribution in [3.05, 3.63) is 11.8 Å². The topological polar surface area (TPSA) is 40.5 Å². The maximum Gasteiger partial charge on any atom is 0.300 e. The van der Waals surface area contributed by atoms with Crippen LogP contribution in [0.25, 0.3) is 0 Å². The molecule has 3 nitrogen and oxygen atoms in total. The number of hydrogen-bond acceptors (Lipinski definition) is 2. The lowest BCUT2D eigenvalue weighted by Crippen LogP contribution is -2.20. The van der Waals surface area contributed by atoms with E-state index in [0.717, 1.165) is 6.92 Å². The molecule has 20 heavy (non-hydrogen) atoms. The highest BCUT2D eigenvalue weighted by Gasteiger charge is 2.11. The summed E-state index contributed by atoms with van der Waals surface area (Å²) in [4.78, 5) is 11.6. The summed E-state index contributed by atoms with van der Waals surface area (Å²) in [6, 6.07) is 0. The molecule has 0 radical (unpaired) electrons. The van der Waals surface area contributed by atoms with Gasteiger partial charge >= 0.3 is 0 Å². The van der Waals surface area contributed by atoms with Gasteiger partial charge in [-0.2, -0.15) is 0 Å². The molecular formula is C17H33NO2. The number of allylic oxidation sites excluding steroid dienone is 1. The van der Waals surface area contributed by atoms with E-state index < -0.39 is 5.97 Å². The number of aliphatic carboxylic acids is 1. The van der Waals surface area contributed by atoms with Crippen molar-refractivity contribution in [3.63, 3.8) is 0 Å². The largest absolute Gasteiger partial charge is 0.481 e. The van der Waals surface area contributed by atoms with Gasteiger partial charge in [0.1, 0.15) is 0 Å². The van der Waals surface area contributed by atoms with Gasteiger partial charge in [-0.15, -0.1) is 0 Å². The van der Waals surface area contributed by atoms with Crippen LogP contribution in [0.15, 0.2) is 11.8 Å². The highest BCUT2D eigenvalue weighted by molar-refractivity contribution is 5.62. The Labute approximate surface area is 125 Å². The average molecular weight is 283 g/mol. The highest BCUT2D eigenvalue weighted by Crippen LogP contribution is 2.18. The minimum Gasteiger partial charge on any atom is -0.481 e. The van der Waals surface area contributed by atoms with Gasteiger partial charge in [0.05, 0.1) is 0 Å². The minimum absolute atomic E-state index is 0.833. The molecule has 0 fully saturated rings. The third-order valence-electron chi connectivity index (χ3n) is 3.58. The van der Waals surface area contributed by atoms with Crippen molar-refractivity contribution in [2.24, 2.45) is 0 Å². The molecule has 1 heterocycles. The minimum atomic E-state index is -0.833. The van der Waals surface area contributed by atoms with E-state index in [0.29, 0.717) is 0 Å². The van der Waals surface area contributed by atoms with Crippen LogP contribution in [0.3, 0.4) is 0 Å². The van der Waals surface area contributed by atoms with Gasteiger partial charge in [0.15, 0.2) is 0 Å². The zero-order valence-electron chi connectivity index (χ0n) is 13.7. The summed E-state index contributed by atoms with van der Waals surface area (Å²) >= 11 is 0. The second-order valence-electron chi connectivity index (χ2n) is 5.47. The van der Waals surface area contributed by atoms with Crippen LogP contribution in [-0.4, -0.2) is 29.1 Å². The Balaban J connectivity index is 0.000000796. The normalized spacial score (nSPS) is 13.8. The molecule has 0 aromatic heterocycles. The Bertz CT molecular complexity index is 270. The van der Waals surface area contributed by atoms with Gasteiger partial charge in [-0.3, -0.25) is 4.79 Å². The van der Waals surface area contributed by atoms with Crippen molar-refractivity contribution in [2.75, 3.05) is 13.1 Å². The molecule has 0 amide bonds. The van der Waals surface area contributed by atoms with Gasteiger partial charge in [-0.25, -0.2) is 0 Å². The second kappa shape index (κ2) is 13.0. The summed E-state index contributed by atoms with van der Waals surface area (Å²) in [5, 5.41) is 7.42. The fourth-order valence-corrected chi connectivity index (χ4v) is 2.54. The number of nitrogens with zero attached hydrogens (tertiary/aromatic N) is 1. The van der Waals surface area contributed by atoms with E-state index in [1.54, 1.807) is 5.70 Å². The van der Waals surface area contributed by atoms with Gasteiger partial charge in [0.2, 0.25) is 0 Å². The Morgan fingerprint density at radius 1 is 1.15 bits per heavy atom. The first-order valence-electron chi connectivity index (χ1n) is 8.25. The SMILES string of the molecule is CC(=O)O.CCCCCCCCCN1CCC=C1CC. The molecule has 0 saturated heterocycles. The molecular weight excluding hydrogens is 250 g/mol. The summed E-state index contributed by atoms with van der Waals surface area (Å²) < 4.78 is 0. The summed E-state index contributed by atoms with van der Waals surface area (Å²) in [6.45, 7) is 8.22. The van der Waals surface area contributed by atoms with Crippen LogP contribution in [0.1, 0.15) is 78.6 Å². The molecule has 0 unspecified atom stereocenters. The lowest BCUT2D eigenvalue weighted by atomic mass is 10.1. The van der Waals surface area contributed by atoms with E-state index in [1.807, 2.05) is 0 Å². The van der Waals surface area contributed by atoms with Crippen molar-refractivity contribution in [2.45, 2.75) is 78.6 Å². The van der Waals surface area contributed by atoms with Crippen LogP contribution in [0.2, 0.25) is 0 Å². The molecule has 0 saturated carbocycles. The van der Waals surface area contributed by atoms with Gasteiger partial charge in [0.25, 0.3) is 5.97 Å². The van der Waals surface area contributed by atoms with E-state index >= 15 is 0 Å². The van der Waals surface area contributed by atoms with E-state index in [9.17, 15) is 0 Å². The van der Waals surface area contributed by atoms with Gasteiger partial charge in [-0.1, -0.05) is 58.4 Å². The summed E-state index contributed by atoms with van der Waals surface area (Å²) in [7, 11) is 0. The van der Waals surface area contributed by atoms with Gasteiger partial charge in [-0.05, 0) is 19.3 Å². The standard InChI is InChI=1S/C15H29N.C2H4O2/c1-3-5-6-7-8-9-10-13-16-14-11-12-15(16)4-2;1-2(3)4/h12H,3-11,13-14H2,1-2H3;1H3,(H,3,4). The van der Waals surface area contributed by atoms with Gasteiger partial charge < -0.3 is 10.0 Å². The van der Waals surface area contributed by atoms with E-state index in [4.69, 9.17) is 9.90 Å². The predicted octanol–water partition coefficient (Wildman–Crippen LogP) is 4.83. The summed E-state index contributed by atoms with van der Waals surface area (Å²) in [5.74, 6) is -0.833. The first-order chi connectivity index (χ1) is 9.61. The van der Waals surface area contributed by atoms with E-state index in [2.05, 4.69) is 24.8 Å². The summed E-state index contributed by atoms with van der Waals surface area (Å²) in [5.41, 5.74) is 1.59. The molecule has 1 aliphatic rings. The van der Waals surface area contributed by atoms with E-state index in [1.165, 1.54) is 70.9 Å². The first kappa shape index (κ1) is 19.0. The highest BCUT2D eigenvalue weighted by atomic mass is 16.4. The fourth-order valence-electron chi connectivity index (χ4n) is 2.54. The maximum atomic E-state index is 9.00. The summed E-state index contributed by atoms with van der Waals surface area (Å²) in [6.07, 6.45) is 14.9. The van der Waals surface area contributed by atoms with Crippen molar-refractivity contribution in [1.82, 2.24) is 4.90 Å². The molecule has 0 aliphatic carbocycles. The number of carboxylic acid groups (broad SMARTS) is 1. The fraction of sp³-hybridized carbons (Fsp3) is 0.824. The monoisotopic (exact) mass is 283 g/mol. The lowest BCUT2D eigenvalue weighted by Gasteiger charge is -2.21. The first-order valence-corrected chi connectivity index (χ1v) is 8.25. The molecule has 0 atom stereocenters. The predicted molar refractivity (Wildman–Crippen MR) is 85.9 cm³/mol. The molecule has 1 aliphatic heterocycles. The number of rotatable bonds is 9. The van der Waals surface area contributed by atoms with Gasteiger partial charge in [0, 0.05) is 25.7 Å². The van der Waals surface area contributed by atoms with Crippen molar-refractivity contribution >= 4 is 5.97 Å². The third-order valence-corrected chi connectivity index (χ3v) is 3.58. The molecule has 0 bridgehead atoms. The smallest absolute Gasteiger partial charge is 0.300 e. The molecule has 1 rings (SSSR count). The molecule has 1 N–H and O–H groups in total. The molecule has 0 aromatic carbocycles. The molecule has 0 spiro atoms. The molecule has 3 heteroatoms. The zero-order chi connectivity index (χ0) is 15.2. The zero-order valence-corrected chi connectivity index (χ0v) is 13.7. The lowest BCUT2D eigenvalue weighted by molar-refractivity contribution is -0.134. The van der Waals surface area contributed by atoms with Crippen LogP contribution in [0, 0.1) is 0 Å². The van der Waals surface area contributed by atoms with E-state index in [-0.39, 0.29) is 0 Å². The second-order valence-corrected chi connectivity index (χ2v) is 5.47. The quantitative estimate of drug-likeness (QED) is 0.616. The van der Waals surface area contributed by atoms with Crippen LogP contribution in [0.5, 0.6) is 0 Å². The van der Waals surface area contributed by atoms with Crippen molar-refractivity contribution in [3.8, 4) is 0 Å². The Hall–Kier alpha value is -0.990. The van der Waals surface area contributed by atoms with Crippen LogP contribution in [-0.2, 0) is 4.79 Å². The van der Waals surface area contributed by atoms with Crippen LogP contribution >= 0.6 is 0 Å². The number of unbranched alkanes of at least 4 members (excludes halogenated alkanes) is 6. The van der Waals surface area contributed by atoms with Crippen molar-refractivity contribution < 1.29 is 9.90 Å². The number of carbonyl (C=O) groups is 1. The average Bonchev–Trinajstić information content (AvgIpc) is 2.84. The Kier molecular flexibility index (Phi) is 12.4.